The number of fused-ring (bicyclic) bond motifs is 1. The van der Waals surface area contributed by atoms with Gasteiger partial charge in [0.1, 0.15) is 0 Å². The van der Waals surface area contributed by atoms with Gasteiger partial charge in [-0.25, -0.2) is 0 Å². The number of ketones is 1. The summed E-state index contributed by atoms with van der Waals surface area (Å²) >= 11 is 0. The highest BCUT2D eigenvalue weighted by molar-refractivity contribution is 5.97. The first-order valence-corrected chi connectivity index (χ1v) is 6.60. The van der Waals surface area contributed by atoms with E-state index in [1.54, 1.807) is 0 Å². The molecule has 0 bridgehead atoms. The number of allylic oxidation sites excluding steroid dienone is 1. The van der Waals surface area contributed by atoms with Crippen molar-refractivity contribution < 1.29 is 15.0 Å². The average Bonchev–Trinajstić information content (AvgIpc) is 2.36. The summed E-state index contributed by atoms with van der Waals surface area (Å²) in [6.45, 7) is 7.83. The maximum Gasteiger partial charge on any atom is 0.161 e. The summed E-state index contributed by atoms with van der Waals surface area (Å²) in [7, 11) is 0. The quantitative estimate of drug-likeness (QED) is 0.737. The van der Waals surface area contributed by atoms with E-state index in [4.69, 9.17) is 0 Å². The molecular formula is C15H22O3. The molecule has 1 saturated carbocycles. The predicted octanol–water partition coefficient (Wildman–Crippen LogP) is 1.99. The van der Waals surface area contributed by atoms with E-state index in [9.17, 15) is 15.0 Å². The number of aliphatic hydroxyl groups is 2. The van der Waals surface area contributed by atoms with E-state index in [0.29, 0.717) is 0 Å². The molecule has 0 radical (unpaired) electrons. The van der Waals surface area contributed by atoms with Gasteiger partial charge in [0.05, 0.1) is 12.7 Å². The van der Waals surface area contributed by atoms with E-state index in [1.165, 1.54) is 0 Å². The normalized spacial score (nSPS) is 36.6. The standard InChI is InChI=1S/C15H22O3/c1-9(8-16)11-4-5-15(3)12(6-11)10(2)13(17)7-14(15)18/h11,14,16,18H,1,4-8H2,2-3H3/t11-,14-,15-/m1/s1. The van der Waals surface area contributed by atoms with Gasteiger partial charge in [-0.05, 0) is 43.3 Å². The summed E-state index contributed by atoms with van der Waals surface area (Å²) in [6, 6.07) is 0. The van der Waals surface area contributed by atoms with E-state index in [1.807, 2.05) is 6.92 Å². The van der Waals surface area contributed by atoms with Crippen molar-refractivity contribution in [3.05, 3.63) is 23.3 Å². The lowest BCUT2D eigenvalue weighted by Gasteiger charge is -2.46. The monoisotopic (exact) mass is 250 g/mol. The first kappa shape index (κ1) is 13.5. The largest absolute Gasteiger partial charge is 0.392 e. The molecule has 100 valence electrons. The Labute approximate surface area is 108 Å². The second-order valence-corrected chi connectivity index (χ2v) is 5.92. The Morgan fingerprint density at radius 2 is 2.17 bits per heavy atom. The van der Waals surface area contributed by atoms with Gasteiger partial charge in [-0.1, -0.05) is 19.1 Å². The Morgan fingerprint density at radius 1 is 1.50 bits per heavy atom. The molecule has 3 heteroatoms. The SMILES string of the molecule is C=C(CO)[C@@H]1CC[C@]2(C)C(=C(C)C(=O)C[C@H]2O)C1. The Morgan fingerprint density at radius 3 is 2.78 bits per heavy atom. The number of hydrogen-bond acceptors (Lipinski definition) is 3. The fourth-order valence-electron chi connectivity index (χ4n) is 3.36. The first-order chi connectivity index (χ1) is 8.40. The maximum atomic E-state index is 11.9. The smallest absolute Gasteiger partial charge is 0.161 e. The molecule has 2 N–H and O–H groups in total. The molecule has 3 atom stereocenters. The lowest BCUT2D eigenvalue weighted by molar-refractivity contribution is -0.121. The summed E-state index contributed by atoms with van der Waals surface area (Å²) < 4.78 is 0. The molecule has 0 unspecified atom stereocenters. The topological polar surface area (TPSA) is 57.5 Å². The van der Waals surface area contributed by atoms with Gasteiger partial charge in [-0.15, -0.1) is 0 Å². The highest BCUT2D eigenvalue weighted by Gasteiger charge is 2.46. The minimum Gasteiger partial charge on any atom is -0.392 e. The van der Waals surface area contributed by atoms with Gasteiger partial charge in [-0.3, -0.25) is 4.79 Å². The molecule has 2 aliphatic rings. The van der Waals surface area contributed by atoms with Gasteiger partial charge in [0, 0.05) is 11.8 Å². The highest BCUT2D eigenvalue weighted by atomic mass is 16.3. The molecular weight excluding hydrogens is 228 g/mol. The van der Waals surface area contributed by atoms with Crippen LogP contribution in [0.4, 0.5) is 0 Å². The zero-order chi connectivity index (χ0) is 13.5. The van der Waals surface area contributed by atoms with Crippen LogP contribution in [-0.2, 0) is 4.79 Å². The molecule has 0 aromatic rings. The number of carbonyl (C=O) groups excluding carboxylic acids is 1. The van der Waals surface area contributed by atoms with Crippen LogP contribution in [-0.4, -0.2) is 28.7 Å². The Hall–Kier alpha value is -0.930. The molecule has 3 nitrogen and oxygen atoms in total. The van der Waals surface area contributed by atoms with E-state index < -0.39 is 6.10 Å². The molecule has 0 amide bonds. The Bertz CT molecular complexity index is 421. The summed E-state index contributed by atoms with van der Waals surface area (Å²) in [5, 5.41) is 19.4. The van der Waals surface area contributed by atoms with Gasteiger partial charge < -0.3 is 10.2 Å². The van der Waals surface area contributed by atoms with Crippen molar-refractivity contribution in [1.82, 2.24) is 0 Å². The number of rotatable bonds is 2. The van der Waals surface area contributed by atoms with E-state index >= 15 is 0 Å². The lowest BCUT2D eigenvalue weighted by atomic mass is 9.59. The molecule has 18 heavy (non-hydrogen) atoms. The zero-order valence-corrected chi connectivity index (χ0v) is 11.2. The van der Waals surface area contributed by atoms with E-state index in [-0.39, 0.29) is 30.1 Å². The molecule has 2 aliphatic carbocycles. The molecule has 0 heterocycles. The van der Waals surface area contributed by atoms with Crippen molar-refractivity contribution in [3.63, 3.8) is 0 Å². The third-order valence-corrected chi connectivity index (χ3v) is 4.92. The fourth-order valence-corrected chi connectivity index (χ4v) is 3.36. The van der Waals surface area contributed by atoms with Crippen LogP contribution in [0.25, 0.3) is 0 Å². The van der Waals surface area contributed by atoms with Crippen LogP contribution >= 0.6 is 0 Å². The molecule has 0 aromatic heterocycles. The summed E-state index contributed by atoms with van der Waals surface area (Å²) in [5.41, 5.74) is 2.48. The Kier molecular flexibility index (Phi) is 3.47. The highest BCUT2D eigenvalue weighted by Crippen LogP contribution is 2.51. The van der Waals surface area contributed by atoms with Crippen LogP contribution in [0.5, 0.6) is 0 Å². The van der Waals surface area contributed by atoms with Crippen molar-refractivity contribution >= 4 is 5.78 Å². The van der Waals surface area contributed by atoms with E-state index in [2.05, 4.69) is 13.5 Å². The molecule has 2 rings (SSSR count). The molecule has 0 aliphatic heterocycles. The van der Waals surface area contributed by atoms with Crippen molar-refractivity contribution in [3.8, 4) is 0 Å². The van der Waals surface area contributed by atoms with Crippen LogP contribution in [0.3, 0.4) is 0 Å². The van der Waals surface area contributed by atoms with Crippen molar-refractivity contribution in [2.45, 2.75) is 45.6 Å². The second-order valence-electron chi connectivity index (χ2n) is 5.92. The molecule has 0 saturated heterocycles. The second kappa shape index (κ2) is 4.63. The third kappa shape index (κ3) is 1.95. The minimum atomic E-state index is -0.563. The molecule has 0 spiro atoms. The minimum absolute atomic E-state index is 0.00418. The third-order valence-electron chi connectivity index (χ3n) is 4.92. The molecule has 0 aromatic carbocycles. The fraction of sp³-hybridized carbons (Fsp3) is 0.667. The Balaban J connectivity index is 2.35. The zero-order valence-electron chi connectivity index (χ0n) is 11.2. The average molecular weight is 250 g/mol. The number of Topliss-reactive ketones (excluding diaryl/α,β-unsaturated/α-hetero) is 1. The molecule has 1 fully saturated rings. The number of aliphatic hydroxyl groups excluding tert-OH is 2. The number of carbonyl (C=O) groups is 1. The maximum absolute atomic E-state index is 11.9. The number of hydrogen-bond donors (Lipinski definition) is 2. The van der Waals surface area contributed by atoms with Gasteiger partial charge in [0.2, 0.25) is 0 Å². The van der Waals surface area contributed by atoms with Crippen LogP contribution in [0.2, 0.25) is 0 Å². The van der Waals surface area contributed by atoms with Gasteiger partial charge in [0.15, 0.2) is 5.78 Å². The first-order valence-electron chi connectivity index (χ1n) is 6.60. The van der Waals surface area contributed by atoms with Crippen molar-refractivity contribution in [2.75, 3.05) is 6.61 Å². The van der Waals surface area contributed by atoms with Gasteiger partial charge >= 0.3 is 0 Å². The van der Waals surface area contributed by atoms with Crippen LogP contribution < -0.4 is 0 Å². The predicted molar refractivity (Wildman–Crippen MR) is 70.0 cm³/mol. The van der Waals surface area contributed by atoms with Crippen LogP contribution in [0, 0.1) is 11.3 Å². The van der Waals surface area contributed by atoms with Crippen molar-refractivity contribution in [1.29, 1.82) is 0 Å². The van der Waals surface area contributed by atoms with Crippen LogP contribution in [0.1, 0.15) is 39.5 Å². The van der Waals surface area contributed by atoms with Gasteiger partial charge in [-0.2, -0.15) is 0 Å². The summed E-state index contributed by atoms with van der Waals surface area (Å²) in [6.07, 6.45) is 2.23. The lowest BCUT2D eigenvalue weighted by Crippen LogP contribution is -2.44. The van der Waals surface area contributed by atoms with Crippen molar-refractivity contribution in [2.24, 2.45) is 11.3 Å². The van der Waals surface area contributed by atoms with Gasteiger partial charge in [0.25, 0.3) is 0 Å². The van der Waals surface area contributed by atoms with Crippen LogP contribution in [0.15, 0.2) is 23.3 Å². The summed E-state index contributed by atoms with van der Waals surface area (Å²) in [4.78, 5) is 11.9. The van der Waals surface area contributed by atoms with E-state index in [0.717, 1.165) is 36.0 Å². The summed E-state index contributed by atoms with van der Waals surface area (Å²) in [5.74, 6) is 0.302.